The molecule has 2 N–H and O–H groups in total. The van der Waals surface area contributed by atoms with E-state index in [2.05, 4.69) is 15.3 Å². The molecule has 0 aliphatic carbocycles. The van der Waals surface area contributed by atoms with E-state index in [1.807, 2.05) is 0 Å². The van der Waals surface area contributed by atoms with E-state index in [0.717, 1.165) is 23.9 Å². The molecule has 0 spiro atoms. The zero-order chi connectivity index (χ0) is 29.0. The molecule has 3 aromatic rings. The molecule has 1 aromatic carbocycles. The van der Waals surface area contributed by atoms with Crippen molar-refractivity contribution in [3.05, 3.63) is 63.6 Å². The lowest BCUT2D eigenvalue weighted by Gasteiger charge is -2.24. The van der Waals surface area contributed by atoms with Crippen LogP contribution in [0, 0.1) is 11.6 Å². The molecule has 3 heterocycles. The summed E-state index contributed by atoms with van der Waals surface area (Å²) in [5, 5.41) is 4.25. The van der Waals surface area contributed by atoms with Crippen molar-refractivity contribution in [3.8, 4) is 17.0 Å². The van der Waals surface area contributed by atoms with Crippen LogP contribution >= 0.6 is 35.3 Å². The molecule has 2 amide bonds. The maximum Gasteiger partial charge on any atom is 0.369 e. The summed E-state index contributed by atoms with van der Waals surface area (Å²) in [6.45, 7) is 5.02. The predicted molar refractivity (Wildman–Crippen MR) is 151 cm³/mol. The smallest absolute Gasteiger partial charge is 0.369 e. The van der Waals surface area contributed by atoms with Gasteiger partial charge in [-0.1, -0.05) is 30.0 Å². The first-order valence-corrected chi connectivity index (χ1v) is 14.0. The fourth-order valence-electron chi connectivity index (χ4n) is 3.44. The third kappa shape index (κ3) is 7.52. The number of thiophene rings is 1. The van der Waals surface area contributed by atoms with Gasteiger partial charge in [-0.3, -0.25) is 14.5 Å². The van der Waals surface area contributed by atoms with Gasteiger partial charge in [0.15, 0.2) is 11.6 Å². The molecule has 210 valence electrons. The third-order valence-electron chi connectivity index (χ3n) is 5.21. The van der Waals surface area contributed by atoms with E-state index in [4.69, 9.17) is 21.7 Å². The maximum absolute atomic E-state index is 13.6. The van der Waals surface area contributed by atoms with Crippen LogP contribution in [0.25, 0.3) is 17.2 Å². The zero-order valence-electron chi connectivity index (χ0n) is 21.5. The lowest BCUT2D eigenvalue weighted by Crippen LogP contribution is -2.48. The van der Waals surface area contributed by atoms with Crippen LogP contribution in [-0.2, 0) is 19.1 Å². The number of nitrogens with one attached hydrogen (secondary N) is 2. The van der Waals surface area contributed by atoms with E-state index in [9.17, 15) is 23.2 Å². The van der Waals surface area contributed by atoms with Gasteiger partial charge in [-0.05, 0) is 61.6 Å². The number of halogens is 2. The van der Waals surface area contributed by atoms with E-state index in [1.165, 1.54) is 34.8 Å². The molecule has 14 heteroatoms. The summed E-state index contributed by atoms with van der Waals surface area (Å²) < 4.78 is 38.0. The molecule has 4 rings (SSSR count). The van der Waals surface area contributed by atoms with Gasteiger partial charge in [0.05, 0.1) is 17.4 Å². The van der Waals surface area contributed by atoms with E-state index in [-0.39, 0.29) is 29.1 Å². The molecule has 1 saturated heterocycles. The highest BCUT2D eigenvalue weighted by atomic mass is 32.2. The second-order valence-electron chi connectivity index (χ2n) is 9.46. The Morgan fingerprint density at radius 2 is 2.00 bits per heavy atom. The number of nitrogens with zero attached hydrogens (tertiary/aromatic N) is 2. The van der Waals surface area contributed by atoms with Crippen molar-refractivity contribution < 1.29 is 32.6 Å². The number of rotatable bonds is 9. The van der Waals surface area contributed by atoms with Crippen LogP contribution < -0.4 is 10.1 Å². The van der Waals surface area contributed by atoms with Crippen LogP contribution in [0.2, 0.25) is 0 Å². The minimum absolute atomic E-state index is 0.0243. The number of carbonyl (C=O) groups is 3. The second-order valence-corrected chi connectivity index (χ2v) is 12.1. The highest BCUT2D eigenvalue weighted by molar-refractivity contribution is 8.26. The van der Waals surface area contributed by atoms with Crippen molar-refractivity contribution in [2.24, 2.45) is 0 Å². The molecular weight excluding hydrogens is 583 g/mol. The number of imidazole rings is 1. The van der Waals surface area contributed by atoms with Gasteiger partial charge in [0.1, 0.15) is 9.92 Å². The Labute approximate surface area is 241 Å². The molecule has 0 radical (unpaired) electrons. The summed E-state index contributed by atoms with van der Waals surface area (Å²) in [7, 11) is 0. The summed E-state index contributed by atoms with van der Waals surface area (Å²) in [6, 6.07) is 5.40. The molecule has 0 saturated carbocycles. The number of aromatic amines is 1. The van der Waals surface area contributed by atoms with Crippen LogP contribution in [0.3, 0.4) is 0 Å². The van der Waals surface area contributed by atoms with Crippen molar-refractivity contribution in [1.82, 2.24) is 20.2 Å². The first-order chi connectivity index (χ1) is 18.9. The lowest BCUT2D eigenvalue weighted by atomic mass is 10.1. The van der Waals surface area contributed by atoms with E-state index in [1.54, 1.807) is 38.3 Å². The average molecular weight is 607 g/mol. The van der Waals surface area contributed by atoms with Gasteiger partial charge in [-0.15, -0.1) is 11.3 Å². The van der Waals surface area contributed by atoms with E-state index < -0.39 is 35.3 Å². The molecular formula is C26H24F2N4O5S3. The maximum atomic E-state index is 13.6. The highest BCUT2D eigenvalue weighted by Gasteiger charge is 2.33. The molecule has 9 nitrogen and oxygen atoms in total. The summed E-state index contributed by atoms with van der Waals surface area (Å²) in [5.74, 6) is -3.46. The average Bonchev–Trinajstić information content (AvgIpc) is 3.61. The Hall–Kier alpha value is -3.62. The van der Waals surface area contributed by atoms with Gasteiger partial charge in [-0.25, -0.2) is 18.6 Å². The Bertz CT molecular complexity index is 1470. The number of benzene rings is 1. The first-order valence-electron chi connectivity index (χ1n) is 11.9. The predicted octanol–water partition coefficient (Wildman–Crippen LogP) is 4.87. The van der Waals surface area contributed by atoms with Crippen molar-refractivity contribution >= 4 is 63.5 Å². The number of hydrogen-bond acceptors (Lipinski definition) is 9. The number of aromatic nitrogens is 2. The lowest BCUT2D eigenvalue weighted by molar-refractivity contribution is -0.166. The van der Waals surface area contributed by atoms with Crippen molar-refractivity contribution in [2.45, 2.75) is 39.0 Å². The Kier molecular flexibility index (Phi) is 9.01. The molecule has 1 aliphatic rings. The number of esters is 1. The van der Waals surface area contributed by atoms with Crippen LogP contribution in [0.1, 0.15) is 32.1 Å². The minimum Gasteiger partial charge on any atom is -0.456 e. The SMILES string of the molecule is CC(C)(C)OC(=O)[C@@H](NC(=O)CCN1C(=O)/C(=C/c2cc(-c3ccc(F)c(F)c3)cs2)SC1=S)Oc1cnc[nH]1. The van der Waals surface area contributed by atoms with Gasteiger partial charge >= 0.3 is 5.97 Å². The molecule has 1 aliphatic heterocycles. The number of thioether (sulfide) groups is 1. The quantitative estimate of drug-likeness (QED) is 0.154. The van der Waals surface area contributed by atoms with Gasteiger partial charge in [-0.2, -0.15) is 0 Å². The second kappa shape index (κ2) is 12.3. The third-order valence-corrected chi connectivity index (χ3v) is 7.47. The van der Waals surface area contributed by atoms with Crippen molar-refractivity contribution in [3.63, 3.8) is 0 Å². The molecule has 40 heavy (non-hydrogen) atoms. The normalized spacial score (nSPS) is 15.4. The first kappa shape index (κ1) is 29.4. The summed E-state index contributed by atoms with van der Waals surface area (Å²) in [6.07, 6.45) is 2.74. The molecule has 2 aromatic heterocycles. The van der Waals surface area contributed by atoms with Gasteiger partial charge < -0.3 is 19.8 Å². The van der Waals surface area contributed by atoms with E-state index in [0.29, 0.717) is 20.9 Å². The van der Waals surface area contributed by atoms with Gasteiger partial charge in [0.2, 0.25) is 11.8 Å². The molecule has 1 fully saturated rings. The minimum atomic E-state index is -1.44. The van der Waals surface area contributed by atoms with Crippen LogP contribution in [0.4, 0.5) is 8.78 Å². The monoisotopic (exact) mass is 606 g/mol. The van der Waals surface area contributed by atoms with Crippen LogP contribution in [-0.4, -0.2) is 55.3 Å². The number of ether oxygens (including phenoxy) is 2. The van der Waals surface area contributed by atoms with Crippen LogP contribution in [0.15, 0.2) is 47.1 Å². The largest absolute Gasteiger partial charge is 0.456 e. The van der Waals surface area contributed by atoms with Gasteiger partial charge in [0.25, 0.3) is 12.1 Å². The number of thiocarbonyl (C=S) groups is 1. The number of carbonyl (C=O) groups excluding carboxylic acids is 3. The summed E-state index contributed by atoms with van der Waals surface area (Å²) >= 11 is 7.77. The van der Waals surface area contributed by atoms with Crippen molar-refractivity contribution in [1.29, 1.82) is 0 Å². The summed E-state index contributed by atoms with van der Waals surface area (Å²) in [4.78, 5) is 47.2. The fraction of sp³-hybridized carbons (Fsp3) is 0.269. The highest BCUT2D eigenvalue weighted by Crippen LogP contribution is 2.35. The zero-order valence-corrected chi connectivity index (χ0v) is 24.0. The molecule has 0 bridgehead atoms. The van der Waals surface area contributed by atoms with Crippen molar-refractivity contribution in [2.75, 3.05) is 6.54 Å². The number of H-pyrrole nitrogens is 1. The fourth-order valence-corrected chi connectivity index (χ4v) is 5.66. The standard InChI is InChI=1S/C26H24F2N4O5S3/c1-26(2,3)37-24(35)22(36-21-11-29-13-30-21)31-20(33)6-7-32-23(34)19(40-25(32)38)10-16-8-15(12-39-16)14-4-5-17(27)18(28)9-14/h4-5,8-13,22H,6-7H2,1-3H3,(H,29,30)(H,31,33)/b19-10-/t22-/m0/s1. The van der Waals surface area contributed by atoms with Gasteiger partial charge in [0, 0.05) is 17.8 Å². The number of hydrogen-bond donors (Lipinski definition) is 2. The Balaban J connectivity index is 1.38. The Morgan fingerprint density at radius 3 is 2.67 bits per heavy atom. The Morgan fingerprint density at radius 1 is 1.23 bits per heavy atom. The summed E-state index contributed by atoms with van der Waals surface area (Å²) in [5.41, 5.74) is 0.373. The van der Waals surface area contributed by atoms with Crippen LogP contribution in [0.5, 0.6) is 5.88 Å². The number of amides is 2. The molecule has 0 unspecified atom stereocenters. The van der Waals surface area contributed by atoms with E-state index >= 15 is 0 Å². The topological polar surface area (TPSA) is 114 Å². The molecule has 1 atom stereocenters.